The standard InChI is InChI=1S/C17H17F2N5O/c18-17(19)10-4-5-16-21-7-13(24(16)9-10)11-2-1-3-15(22-11)23-12-6-20-8-14(12)25/h1-5,7,9,12,14,17,20,25H,6,8H2,(H,22,23)/t12-,14-/m0/s1. The van der Waals surface area contributed by atoms with Crippen molar-refractivity contribution in [3.8, 4) is 11.4 Å². The summed E-state index contributed by atoms with van der Waals surface area (Å²) in [5, 5.41) is 16.2. The maximum atomic E-state index is 13.0. The van der Waals surface area contributed by atoms with Crippen LogP contribution in [0.1, 0.15) is 12.0 Å². The monoisotopic (exact) mass is 345 g/mol. The SMILES string of the molecule is O[C@H]1CNC[C@@H]1Nc1cccc(-c2cnc3ccc(C(F)F)cn23)n1. The molecule has 4 rings (SSSR count). The first kappa shape index (κ1) is 15.9. The van der Waals surface area contributed by atoms with E-state index in [1.807, 2.05) is 12.1 Å². The lowest BCUT2D eigenvalue weighted by molar-refractivity contribution is 0.151. The van der Waals surface area contributed by atoms with Gasteiger partial charge in [0.15, 0.2) is 0 Å². The number of aromatic nitrogens is 3. The number of nitrogens with one attached hydrogen (secondary N) is 2. The number of imidazole rings is 1. The Morgan fingerprint density at radius 3 is 2.88 bits per heavy atom. The second-order valence-corrected chi connectivity index (χ2v) is 6.02. The van der Waals surface area contributed by atoms with Crippen LogP contribution < -0.4 is 10.6 Å². The number of hydrogen-bond donors (Lipinski definition) is 3. The molecule has 0 aliphatic carbocycles. The molecule has 3 aromatic rings. The summed E-state index contributed by atoms with van der Waals surface area (Å²) in [6, 6.07) is 8.26. The van der Waals surface area contributed by atoms with Gasteiger partial charge in [-0.2, -0.15) is 0 Å². The van der Waals surface area contributed by atoms with Crippen LogP contribution in [0.15, 0.2) is 42.7 Å². The van der Waals surface area contributed by atoms with Crippen LogP contribution in [0.5, 0.6) is 0 Å². The first-order valence-electron chi connectivity index (χ1n) is 8.00. The molecule has 130 valence electrons. The number of nitrogens with zero attached hydrogens (tertiary/aromatic N) is 3. The van der Waals surface area contributed by atoms with E-state index in [0.29, 0.717) is 35.9 Å². The molecule has 0 spiro atoms. The minimum absolute atomic E-state index is 0.0684. The second-order valence-electron chi connectivity index (χ2n) is 6.02. The molecule has 25 heavy (non-hydrogen) atoms. The maximum Gasteiger partial charge on any atom is 0.265 e. The molecule has 1 fully saturated rings. The first-order valence-corrected chi connectivity index (χ1v) is 8.00. The average Bonchev–Trinajstić information content (AvgIpc) is 3.21. The third-order valence-electron chi connectivity index (χ3n) is 4.31. The quantitative estimate of drug-likeness (QED) is 0.675. The lowest BCUT2D eigenvalue weighted by Gasteiger charge is -2.16. The number of hydrogen-bond acceptors (Lipinski definition) is 5. The molecule has 3 N–H and O–H groups in total. The Bertz CT molecular complexity index is 898. The van der Waals surface area contributed by atoms with E-state index >= 15 is 0 Å². The van der Waals surface area contributed by atoms with Gasteiger partial charge in [0.2, 0.25) is 0 Å². The zero-order valence-electron chi connectivity index (χ0n) is 13.2. The number of fused-ring (bicyclic) bond motifs is 1. The van der Waals surface area contributed by atoms with Gasteiger partial charge in [0.25, 0.3) is 6.43 Å². The van der Waals surface area contributed by atoms with Crippen LogP contribution in [0.4, 0.5) is 14.6 Å². The Hall–Kier alpha value is -2.58. The van der Waals surface area contributed by atoms with E-state index in [4.69, 9.17) is 0 Å². The first-order chi connectivity index (χ1) is 12.1. The van der Waals surface area contributed by atoms with Gasteiger partial charge >= 0.3 is 0 Å². The molecule has 8 heteroatoms. The molecule has 0 amide bonds. The topological polar surface area (TPSA) is 74.5 Å². The molecule has 0 unspecified atom stereocenters. The fourth-order valence-electron chi connectivity index (χ4n) is 2.98. The molecule has 0 radical (unpaired) electrons. The van der Waals surface area contributed by atoms with Crippen molar-refractivity contribution in [1.29, 1.82) is 0 Å². The van der Waals surface area contributed by atoms with Gasteiger partial charge < -0.3 is 15.7 Å². The molecule has 0 aromatic carbocycles. The van der Waals surface area contributed by atoms with Crippen molar-refractivity contribution >= 4 is 11.5 Å². The zero-order valence-corrected chi connectivity index (χ0v) is 13.2. The number of alkyl halides is 2. The lowest BCUT2D eigenvalue weighted by Crippen LogP contribution is -2.32. The predicted octanol–water partition coefficient (Wildman–Crippen LogP) is 2.08. The highest BCUT2D eigenvalue weighted by atomic mass is 19.3. The second kappa shape index (κ2) is 6.38. The van der Waals surface area contributed by atoms with Gasteiger partial charge in [-0.05, 0) is 24.3 Å². The zero-order chi connectivity index (χ0) is 17.4. The molecule has 1 aliphatic heterocycles. The Kier molecular flexibility index (Phi) is 4.06. The van der Waals surface area contributed by atoms with E-state index in [1.54, 1.807) is 22.7 Å². The highest BCUT2D eigenvalue weighted by Gasteiger charge is 2.25. The number of anilines is 1. The average molecular weight is 345 g/mol. The molecular formula is C17H17F2N5O. The van der Waals surface area contributed by atoms with Gasteiger partial charge in [0.1, 0.15) is 11.5 Å². The van der Waals surface area contributed by atoms with Gasteiger partial charge in [0.05, 0.1) is 29.7 Å². The number of aliphatic hydroxyl groups is 1. The van der Waals surface area contributed by atoms with E-state index < -0.39 is 12.5 Å². The van der Waals surface area contributed by atoms with E-state index in [9.17, 15) is 13.9 Å². The number of halogens is 2. The number of pyridine rings is 2. The molecule has 1 aliphatic rings. The number of aliphatic hydroxyl groups excluding tert-OH is 1. The van der Waals surface area contributed by atoms with E-state index in [-0.39, 0.29) is 11.6 Å². The van der Waals surface area contributed by atoms with Crippen molar-refractivity contribution in [2.24, 2.45) is 0 Å². The fourth-order valence-corrected chi connectivity index (χ4v) is 2.98. The van der Waals surface area contributed by atoms with Crippen LogP contribution in [0, 0.1) is 0 Å². The minimum Gasteiger partial charge on any atom is -0.390 e. The molecule has 3 aromatic heterocycles. The normalized spacial score (nSPS) is 20.5. The van der Waals surface area contributed by atoms with Gasteiger partial charge in [0, 0.05) is 24.8 Å². The Morgan fingerprint density at radius 2 is 2.12 bits per heavy atom. The van der Waals surface area contributed by atoms with Crippen molar-refractivity contribution in [1.82, 2.24) is 19.7 Å². The smallest absolute Gasteiger partial charge is 0.265 e. The van der Waals surface area contributed by atoms with Crippen LogP contribution >= 0.6 is 0 Å². The van der Waals surface area contributed by atoms with Crippen LogP contribution in [-0.4, -0.2) is 44.7 Å². The molecule has 2 atom stereocenters. The summed E-state index contributed by atoms with van der Waals surface area (Å²) in [6.45, 7) is 1.20. The van der Waals surface area contributed by atoms with E-state index in [1.165, 1.54) is 12.3 Å². The Balaban J connectivity index is 1.68. The third kappa shape index (κ3) is 3.06. The minimum atomic E-state index is -2.54. The molecule has 4 heterocycles. The summed E-state index contributed by atoms with van der Waals surface area (Å²) in [6.07, 6.45) is -0.0240. The lowest BCUT2D eigenvalue weighted by atomic mass is 10.2. The van der Waals surface area contributed by atoms with Gasteiger partial charge in [-0.15, -0.1) is 0 Å². The van der Waals surface area contributed by atoms with Crippen LogP contribution in [-0.2, 0) is 0 Å². The summed E-state index contributed by atoms with van der Waals surface area (Å²) < 4.78 is 27.6. The highest BCUT2D eigenvalue weighted by molar-refractivity contribution is 5.62. The molecule has 1 saturated heterocycles. The fraction of sp³-hybridized carbons (Fsp3) is 0.294. The highest BCUT2D eigenvalue weighted by Crippen LogP contribution is 2.24. The van der Waals surface area contributed by atoms with Crippen LogP contribution in [0.3, 0.4) is 0 Å². The van der Waals surface area contributed by atoms with Crippen molar-refractivity contribution in [2.75, 3.05) is 18.4 Å². The predicted molar refractivity (Wildman–Crippen MR) is 89.7 cm³/mol. The molecular weight excluding hydrogens is 328 g/mol. The number of β-amino-alcohol motifs (C(OH)–C–C–N with tert-alkyl or cyclic N) is 1. The van der Waals surface area contributed by atoms with Crippen molar-refractivity contribution in [2.45, 2.75) is 18.6 Å². The van der Waals surface area contributed by atoms with Crippen molar-refractivity contribution < 1.29 is 13.9 Å². The largest absolute Gasteiger partial charge is 0.390 e. The maximum absolute atomic E-state index is 13.0. The number of rotatable bonds is 4. The van der Waals surface area contributed by atoms with E-state index in [0.717, 1.165) is 0 Å². The summed E-state index contributed by atoms with van der Waals surface area (Å²) in [5.74, 6) is 0.616. The molecule has 0 bridgehead atoms. The van der Waals surface area contributed by atoms with E-state index in [2.05, 4.69) is 20.6 Å². The van der Waals surface area contributed by atoms with Crippen molar-refractivity contribution in [3.63, 3.8) is 0 Å². The third-order valence-corrected chi connectivity index (χ3v) is 4.31. The van der Waals surface area contributed by atoms with Gasteiger partial charge in [-0.3, -0.25) is 4.40 Å². The summed E-state index contributed by atoms with van der Waals surface area (Å²) in [4.78, 5) is 8.79. The molecule has 0 saturated carbocycles. The molecule has 6 nitrogen and oxygen atoms in total. The Morgan fingerprint density at radius 1 is 1.24 bits per heavy atom. The summed E-state index contributed by atoms with van der Waals surface area (Å²) in [5.41, 5.74) is 1.76. The Labute approximate surface area is 142 Å². The van der Waals surface area contributed by atoms with Crippen molar-refractivity contribution in [3.05, 3.63) is 48.3 Å². The van der Waals surface area contributed by atoms with Crippen LogP contribution in [0.2, 0.25) is 0 Å². The van der Waals surface area contributed by atoms with Gasteiger partial charge in [-0.25, -0.2) is 18.7 Å². The summed E-state index contributed by atoms with van der Waals surface area (Å²) in [7, 11) is 0. The summed E-state index contributed by atoms with van der Waals surface area (Å²) >= 11 is 0. The van der Waals surface area contributed by atoms with Crippen LogP contribution in [0.25, 0.3) is 17.0 Å². The van der Waals surface area contributed by atoms with Gasteiger partial charge in [-0.1, -0.05) is 6.07 Å².